The Labute approximate surface area is 153 Å². The molecule has 0 heterocycles. The number of hydrogen-bond acceptors (Lipinski definition) is 5. The molecule has 0 aliphatic carbocycles. The van der Waals surface area contributed by atoms with Gasteiger partial charge in [0.15, 0.2) is 0 Å². The molecular weight excluding hydrogens is 482 g/mol. The minimum Gasteiger partial charge on any atom is -0.474 e. The van der Waals surface area contributed by atoms with Gasteiger partial charge in [-0.1, -0.05) is 0 Å². The third kappa shape index (κ3) is 9.76. The van der Waals surface area contributed by atoms with Crippen LogP contribution >= 0.6 is 8.24 Å². The van der Waals surface area contributed by atoms with E-state index in [9.17, 15) is 19.5 Å². The van der Waals surface area contributed by atoms with Gasteiger partial charge in [-0.2, -0.15) is 0 Å². The number of aromatic carboxylic acids is 1. The predicted octanol–water partition coefficient (Wildman–Crippen LogP) is -2.86. The van der Waals surface area contributed by atoms with E-state index in [1.807, 2.05) is 12.1 Å². The maximum atomic E-state index is 10.7. The fourth-order valence-corrected chi connectivity index (χ4v) is 9.76. The van der Waals surface area contributed by atoms with Gasteiger partial charge in [-0.3, -0.25) is 4.79 Å². The summed E-state index contributed by atoms with van der Waals surface area (Å²) in [5.41, 5.74) is 4.54. The van der Waals surface area contributed by atoms with Crippen LogP contribution in [-0.4, -0.2) is 23.0 Å². The van der Waals surface area contributed by atoms with E-state index in [0.29, 0.717) is 5.56 Å². The SMILES string of the molecule is C[CH2][Hg][S]c1ccccc1C(=O)[O-].NC(=O)C(=O)O.[Na+]. The summed E-state index contributed by atoms with van der Waals surface area (Å²) in [6.07, 6.45) is 0. The van der Waals surface area contributed by atoms with Crippen molar-refractivity contribution in [3.63, 3.8) is 0 Å². The zero-order chi connectivity index (χ0) is 14.8. The number of carboxylic acid groups (broad SMARTS) is 2. The Balaban J connectivity index is 0. The minimum atomic E-state index is -1.60. The van der Waals surface area contributed by atoms with Crippen LogP contribution in [0.1, 0.15) is 17.3 Å². The van der Waals surface area contributed by atoms with Crippen molar-refractivity contribution in [1.82, 2.24) is 0 Å². The van der Waals surface area contributed by atoms with Crippen LogP contribution in [0.5, 0.6) is 0 Å². The Kier molecular flexibility index (Phi) is 14.0. The van der Waals surface area contributed by atoms with Gasteiger partial charge in [-0.25, -0.2) is 4.79 Å². The summed E-state index contributed by atoms with van der Waals surface area (Å²) < 4.78 is 1.26. The molecule has 0 saturated carbocycles. The molecule has 0 spiro atoms. The van der Waals surface area contributed by atoms with Crippen LogP contribution in [0.25, 0.3) is 0 Å². The van der Waals surface area contributed by atoms with Crippen molar-refractivity contribution in [1.29, 1.82) is 0 Å². The zero-order valence-electron chi connectivity index (χ0n) is 11.3. The van der Waals surface area contributed by atoms with Crippen LogP contribution in [0, 0.1) is 0 Å². The Morgan fingerprint density at radius 3 is 2.25 bits per heavy atom. The molecule has 0 unspecified atom stereocenters. The molecule has 0 fully saturated rings. The van der Waals surface area contributed by atoms with Gasteiger partial charge in [0.1, 0.15) is 0 Å². The summed E-state index contributed by atoms with van der Waals surface area (Å²) in [6, 6.07) is 7.09. The molecule has 0 radical (unpaired) electrons. The van der Waals surface area contributed by atoms with Crippen molar-refractivity contribution in [3.05, 3.63) is 29.8 Å². The number of benzene rings is 1. The van der Waals surface area contributed by atoms with E-state index in [0.717, 1.165) is 4.90 Å². The monoisotopic (exact) mass is 495 g/mol. The Morgan fingerprint density at radius 1 is 1.35 bits per heavy atom. The summed E-state index contributed by atoms with van der Waals surface area (Å²) in [5.74, 6) is -3.99. The molecule has 0 aliphatic rings. The number of primary amides is 1. The zero-order valence-corrected chi connectivity index (χ0v) is 19.6. The summed E-state index contributed by atoms with van der Waals surface area (Å²) in [4.78, 5) is 30.1. The van der Waals surface area contributed by atoms with Gasteiger partial charge in [0.05, 0.1) is 0 Å². The van der Waals surface area contributed by atoms with Crippen LogP contribution in [0.3, 0.4) is 0 Å². The molecule has 6 nitrogen and oxygen atoms in total. The maximum absolute atomic E-state index is 10.7. The van der Waals surface area contributed by atoms with Gasteiger partial charge in [0.25, 0.3) is 0 Å². The normalized spacial score (nSPS) is 8.25. The molecule has 3 N–H and O–H groups in total. The third-order valence-electron chi connectivity index (χ3n) is 1.78. The molecule has 100 valence electrons. The fourth-order valence-electron chi connectivity index (χ4n) is 0.973. The van der Waals surface area contributed by atoms with Gasteiger partial charge in [-0.05, 0) is 0 Å². The predicted molar refractivity (Wildman–Crippen MR) is 63.9 cm³/mol. The average molecular weight is 494 g/mol. The molecule has 20 heavy (non-hydrogen) atoms. The Morgan fingerprint density at radius 2 is 1.85 bits per heavy atom. The number of rotatable bonds is 4. The molecule has 0 bridgehead atoms. The summed E-state index contributed by atoms with van der Waals surface area (Å²) in [6.45, 7) is 2.16. The van der Waals surface area contributed by atoms with E-state index >= 15 is 0 Å². The van der Waals surface area contributed by atoms with Crippen LogP contribution < -0.4 is 40.4 Å². The molecule has 1 aromatic carbocycles. The Hall–Kier alpha value is -0.0849. The average Bonchev–Trinajstić information content (AvgIpc) is 2.37. The molecule has 0 atom stereocenters. The van der Waals surface area contributed by atoms with Crippen molar-refractivity contribution in [2.75, 3.05) is 0 Å². The quantitative estimate of drug-likeness (QED) is 0.344. The van der Waals surface area contributed by atoms with E-state index in [1.165, 1.54) is 3.93 Å². The van der Waals surface area contributed by atoms with E-state index in [2.05, 4.69) is 12.7 Å². The fraction of sp³-hybridized carbons (Fsp3) is 0.182. The number of carbonyl (C=O) groups excluding carboxylic acids is 2. The van der Waals surface area contributed by atoms with Crippen LogP contribution in [-0.2, 0) is 32.6 Å². The largest absolute Gasteiger partial charge is 1.00 e. The Bertz CT molecular complexity index is 460. The molecule has 0 saturated heterocycles. The first-order valence-corrected chi connectivity index (χ1v) is 17.0. The van der Waals surface area contributed by atoms with Crippen molar-refractivity contribution in [2.24, 2.45) is 5.73 Å². The van der Waals surface area contributed by atoms with Gasteiger partial charge in [0.2, 0.25) is 0 Å². The molecule has 1 amide bonds. The van der Waals surface area contributed by atoms with Gasteiger partial charge in [-0.15, -0.1) is 0 Å². The van der Waals surface area contributed by atoms with E-state index in [-0.39, 0.29) is 29.6 Å². The third-order valence-corrected chi connectivity index (χ3v) is 13.8. The van der Waals surface area contributed by atoms with E-state index < -0.39 is 40.9 Å². The maximum Gasteiger partial charge on any atom is 1.00 e. The molecule has 1 rings (SSSR count). The molecule has 0 aliphatic heterocycles. The first kappa shape index (κ1) is 22.2. The van der Waals surface area contributed by atoms with Crippen LogP contribution in [0.4, 0.5) is 0 Å². The topological polar surface area (TPSA) is 121 Å². The molecule has 1 aromatic rings. The summed E-state index contributed by atoms with van der Waals surface area (Å²) in [7, 11) is 1.78. The molecule has 9 heteroatoms. The van der Waals surface area contributed by atoms with E-state index in [1.54, 1.807) is 20.4 Å². The first-order chi connectivity index (χ1) is 8.90. The number of amides is 1. The van der Waals surface area contributed by atoms with Crippen LogP contribution in [0.15, 0.2) is 29.2 Å². The standard InChI is InChI=1S/C7H6O2S.C2H3NO3.C2H5.Hg.Na/c8-7(9)5-3-1-2-4-6(5)10;3-1(4)2(5)6;1-2;;/h1-4,10H,(H,8,9);(H2,3,4)(H,5,6);1H2,2H3;;/q;;;2*+1/p-2. The second kappa shape index (κ2) is 12.6. The second-order valence-electron chi connectivity index (χ2n) is 3.30. The summed E-state index contributed by atoms with van der Waals surface area (Å²) >= 11 is -0.888. The van der Waals surface area contributed by atoms with Gasteiger partial charge < -0.3 is 10.8 Å². The second-order valence-corrected chi connectivity index (χ2v) is 16.5. The van der Waals surface area contributed by atoms with Crippen molar-refractivity contribution >= 4 is 26.1 Å². The van der Waals surface area contributed by atoms with Crippen molar-refractivity contribution < 1.29 is 77.2 Å². The van der Waals surface area contributed by atoms with Crippen molar-refractivity contribution in [3.8, 4) is 0 Å². The number of nitrogens with two attached hydrogens (primary N) is 1. The van der Waals surface area contributed by atoms with Crippen LogP contribution in [0.2, 0.25) is 3.93 Å². The van der Waals surface area contributed by atoms with Gasteiger partial charge in [0, 0.05) is 0 Å². The first-order valence-electron chi connectivity index (χ1n) is 5.36. The smallest absolute Gasteiger partial charge is 0.474 e. The molecule has 0 aromatic heterocycles. The summed E-state index contributed by atoms with van der Waals surface area (Å²) in [5, 5.41) is 18.2. The number of carboxylic acids is 2. The van der Waals surface area contributed by atoms with Crippen molar-refractivity contribution in [2.45, 2.75) is 15.7 Å². The molecular formula is C11H12HgNNaO5S. The van der Waals surface area contributed by atoms with E-state index in [4.69, 9.17) is 5.11 Å². The number of aliphatic carboxylic acids is 1. The number of carbonyl (C=O) groups is 3. The number of hydrogen-bond donors (Lipinski definition) is 2. The van der Waals surface area contributed by atoms with Gasteiger partial charge >= 0.3 is 134 Å². The minimum absolute atomic E-state index is 0.